The summed E-state index contributed by atoms with van der Waals surface area (Å²) < 4.78 is 5.12. The Morgan fingerprint density at radius 1 is 1.27 bits per heavy atom. The van der Waals surface area contributed by atoms with Crippen molar-refractivity contribution in [1.29, 1.82) is 0 Å². The van der Waals surface area contributed by atoms with Crippen LogP contribution in [0.2, 0.25) is 0 Å². The van der Waals surface area contributed by atoms with Crippen molar-refractivity contribution in [1.82, 2.24) is 10.3 Å². The van der Waals surface area contributed by atoms with E-state index in [2.05, 4.69) is 15.6 Å². The third-order valence-electron chi connectivity index (χ3n) is 3.58. The number of anilines is 1. The van der Waals surface area contributed by atoms with E-state index in [-0.39, 0.29) is 5.91 Å². The number of carbonyl (C=O) groups is 1. The van der Waals surface area contributed by atoms with Crippen LogP contribution >= 0.6 is 0 Å². The third-order valence-corrected chi connectivity index (χ3v) is 3.58. The van der Waals surface area contributed by atoms with Crippen LogP contribution in [-0.4, -0.2) is 24.0 Å². The number of nitrogens with zero attached hydrogens (tertiary/aromatic N) is 1. The van der Waals surface area contributed by atoms with Crippen molar-refractivity contribution < 1.29 is 9.53 Å². The van der Waals surface area contributed by atoms with Crippen LogP contribution in [0.15, 0.2) is 42.6 Å². The lowest BCUT2D eigenvalue weighted by Crippen LogP contribution is -2.24. The second-order valence-corrected chi connectivity index (χ2v) is 5.35. The van der Waals surface area contributed by atoms with Gasteiger partial charge in [-0.05, 0) is 42.7 Å². The summed E-state index contributed by atoms with van der Waals surface area (Å²) in [5, 5.41) is 6.22. The van der Waals surface area contributed by atoms with Crippen LogP contribution in [0.25, 0.3) is 0 Å². The molecule has 3 rings (SSSR count). The molecule has 0 atom stereocenters. The van der Waals surface area contributed by atoms with Gasteiger partial charge in [-0.1, -0.05) is 12.1 Å². The molecule has 0 spiro atoms. The Balaban J connectivity index is 1.63. The summed E-state index contributed by atoms with van der Waals surface area (Å²) in [6, 6.07) is 11.7. The number of carbonyl (C=O) groups excluding carboxylic acids is 1. The molecule has 114 valence electrons. The van der Waals surface area contributed by atoms with Gasteiger partial charge in [-0.15, -0.1) is 0 Å². The number of hydrogen-bond acceptors (Lipinski definition) is 4. The van der Waals surface area contributed by atoms with E-state index in [0.29, 0.717) is 24.0 Å². The summed E-state index contributed by atoms with van der Waals surface area (Å²) in [4.78, 5) is 16.6. The van der Waals surface area contributed by atoms with Crippen molar-refractivity contribution in [2.75, 3.05) is 12.4 Å². The third kappa shape index (κ3) is 3.55. The molecule has 1 saturated carbocycles. The van der Waals surface area contributed by atoms with Gasteiger partial charge in [0.05, 0.1) is 12.7 Å². The van der Waals surface area contributed by atoms with Crippen LogP contribution in [0, 0.1) is 0 Å². The number of methoxy groups -OCH3 is 1. The monoisotopic (exact) mass is 297 g/mol. The lowest BCUT2D eigenvalue weighted by molar-refractivity contribution is 0.0951. The van der Waals surface area contributed by atoms with Crippen LogP contribution in [0.5, 0.6) is 5.75 Å². The molecule has 1 fully saturated rings. The first-order valence-corrected chi connectivity index (χ1v) is 7.39. The minimum absolute atomic E-state index is 0.118. The Kier molecular flexibility index (Phi) is 4.23. The zero-order valence-electron chi connectivity index (χ0n) is 12.5. The lowest BCUT2D eigenvalue weighted by Gasteiger charge is -2.10. The molecular weight excluding hydrogens is 278 g/mol. The molecule has 1 aromatic carbocycles. The maximum absolute atomic E-state index is 12.3. The smallest absolute Gasteiger partial charge is 0.255 e. The van der Waals surface area contributed by atoms with E-state index >= 15 is 0 Å². The molecule has 5 heteroatoms. The zero-order valence-corrected chi connectivity index (χ0v) is 12.5. The second-order valence-electron chi connectivity index (χ2n) is 5.35. The van der Waals surface area contributed by atoms with Crippen LogP contribution in [0.4, 0.5) is 5.82 Å². The normalized spacial score (nSPS) is 13.5. The molecule has 2 N–H and O–H groups in total. The van der Waals surface area contributed by atoms with Gasteiger partial charge in [0, 0.05) is 18.8 Å². The van der Waals surface area contributed by atoms with E-state index in [0.717, 1.165) is 24.2 Å². The molecule has 1 aliphatic carbocycles. The van der Waals surface area contributed by atoms with Gasteiger partial charge < -0.3 is 15.4 Å². The molecule has 1 amide bonds. The molecule has 1 heterocycles. The van der Waals surface area contributed by atoms with Crippen molar-refractivity contribution in [3.05, 3.63) is 53.7 Å². The Labute approximate surface area is 129 Å². The molecule has 0 radical (unpaired) electrons. The summed E-state index contributed by atoms with van der Waals surface area (Å²) in [5.41, 5.74) is 1.61. The first-order chi connectivity index (χ1) is 10.8. The van der Waals surface area contributed by atoms with Gasteiger partial charge in [0.15, 0.2) is 0 Å². The highest BCUT2D eigenvalue weighted by Crippen LogP contribution is 2.25. The van der Waals surface area contributed by atoms with E-state index in [1.165, 1.54) is 0 Å². The number of aromatic nitrogens is 1. The van der Waals surface area contributed by atoms with E-state index in [4.69, 9.17) is 4.74 Å². The average molecular weight is 297 g/mol. The number of benzene rings is 1. The van der Waals surface area contributed by atoms with Crippen LogP contribution in [0.1, 0.15) is 28.8 Å². The lowest BCUT2D eigenvalue weighted by atomic mass is 10.2. The highest BCUT2D eigenvalue weighted by molar-refractivity contribution is 5.98. The summed E-state index contributed by atoms with van der Waals surface area (Å²) in [7, 11) is 1.63. The fraction of sp³-hybridized carbons (Fsp3) is 0.294. The second kappa shape index (κ2) is 6.47. The summed E-state index contributed by atoms with van der Waals surface area (Å²) in [6.07, 6.45) is 3.98. The highest BCUT2D eigenvalue weighted by Gasteiger charge is 2.23. The van der Waals surface area contributed by atoms with Crippen molar-refractivity contribution in [3.63, 3.8) is 0 Å². The molecular formula is C17H19N3O2. The van der Waals surface area contributed by atoms with Crippen molar-refractivity contribution in [2.24, 2.45) is 0 Å². The number of pyridine rings is 1. The SMILES string of the molecule is COc1ccc(CNC(=O)c2cccnc2NC2CC2)cc1. The molecule has 1 aliphatic rings. The molecule has 0 unspecified atom stereocenters. The highest BCUT2D eigenvalue weighted by atomic mass is 16.5. The summed E-state index contributed by atoms with van der Waals surface area (Å²) >= 11 is 0. The minimum Gasteiger partial charge on any atom is -0.497 e. The minimum atomic E-state index is -0.118. The zero-order chi connectivity index (χ0) is 15.4. The molecule has 0 bridgehead atoms. The Morgan fingerprint density at radius 2 is 2.05 bits per heavy atom. The van der Waals surface area contributed by atoms with E-state index < -0.39 is 0 Å². The quantitative estimate of drug-likeness (QED) is 0.860. The number of rotatable bonds is 6. The van der Waals surface area contributed by atoms with Gasteiger partial charge in [0.2, 0.25) is 0 Å². The average Bonchev–Trinajstić information content (AvgIpc) is 3.37. The summed E-state index contributed by atoms with van der Waals surface area (Å²) in [5.74, 6) is 1.35. The molecule has 0 saturated heterocycles. The number of amides is 1. The Hall–Kier alpha value is -2.56. The van der Waals surface area contributed by atoms with E-state index in [1.807, 2.05) is 24.3 Å². The van der Waals surface area contributed by atoms with E-state index in [1.54, 1.807) is 25.4 Å². The molecule has 22 heavy (non-hydrogen) atoms. The molecule has 2 aromatic rings. The maximum atomic E-state index is 12.3. The predicted molar refractivity (Wildman–Crippen MR) is 85.0 cm³/mol. The number of hydrogen-bond donors (Lipinski definition) is 2. The van der Waals surface area contributed by atoms with Crippen molar-refractivity contribution in [2.45, 2.75) is 25.4 Å². The van der Waals surface area contributed by atoms with Gasteiger partial charge in [-0.25, -0.2) is 4.98 Å². The Bertz CT molecular complexity index is 651. The molecule has 0 aliphatic heterocycles. The molecule has 5 nitrogen and oxygen atoms in total. The number of nitrogens with one attached hydrogen (secondary N) is 2. The first-order valence-electron chi connectivity index (χ1n) is 7.39. The van der Waals surface area contributed by atoms with Gasteiger partial charge in [0.25, 0.3) is 5.91 Å². The van der Waals surface area contributed by atoms with Crippen LogP contribution in [0.3, 0.4) is 0 Å². The predicted octanol–water partition coefficient (Wildman–Crippen LogP) is 2.59. The van der Waals surface area contributed by atoms with Crippen LogP contribution in [-0.2, 0) is 6.54 Å². The fourth-order valence-electron chi connectivity index (χ4n) is 2.15. The van der Waals surface area contributed by atoms with Gasteiger partial charge >= 0.3 is 0 Å². The largest absolute Gasteiger partial charge is 0.497 e. The van der Waals surface area contributed by atoms with Crippen molar-refractivity contribution in [3.8, 4) is 5.75 Å². The van der Waals surface area contributed by atoms with Gasteiger partial charge in [-0.3, -0.25) is 4.79 Å². The summed E-state index contributed by atoms with van der Waals surface area (Å²) in [6.45, 7) is 0.473. The Morgan fingerprint density at radius 3 is 2.73 bits per heavy atom. The van der Waals surface area contributed by atoms with Gasteiger partial charge in [0.1, 0.15) is 11.6 Å². The first kappa shape index (κ1) is 14.4. The van der Waals surface area contributed by atoms with Crippen molar-refractivity contribution >= 4 is 11.7 Å². The molecule has 1 aromatic heterocycles. The van der Waals surface area contributed by atoms with Crippen LogP contribution < -0.4 is 15.4 Å². The standard InChI is InChI=1S/C17H19N3O2/c1-22-14-8-4-12(5-9-14)11-19-17(21)15-3-2-10-18-16(15)20-13-6-7-13/h2-5,8-10,13H,6-7,11H2,1H3,(H,18,20)(H,19,21). The van der Waals surface area contributed by atoms with Gasteiger partial charge in [-0.2, -0.15) is 0 Å². The van der Waals surface area contributed by atoms with E-state index in [9.17, 15) is 4.79 Å². The topological polar surface area (TPSA) is 63.2 Å². The number of ether oxygens (including phenoxy) is 1. The fourth-order valence-corrected chi connectivity index (χ4v) is 2.15. The maximum Gasteiger partial charge on any atom is 0.255 e.